The predicted octanol–water partition coefficient (Wildman–Crippen LogP) is 4.82. The number of aromatic nitrogens is 2. The van der Waals surface area contributed by atoms with E-state index in [1.54, 1.807) is 11.1 Å². The fraction of sp³-hybridized carbons (Fsp3) is 0.414. The van der Waals surface area contributed by atoms with Gasteiger partial charge in [-0.3, -0.25) is 9.69 Å². The monoisotopic (exact) mass is 487 g/mol. The Morgan fingerprint density at radius 2 is 1.78 bits per heavy atom. The van der Waals surface area contributed by atoms with Crippen molar-refractivity contribution in [3.63, 3.8) is 0 Å². The van der Waals surface area contributed by atoms with E-state index in [1.807, 2.05) is 44.4 Å². The molecule has 1 aromatic heterocycles. The maximum Gasteiger partial charge on any atom is 0.260 e. The highest BCUT2D eigenvalue weighted by atomic mass is 16.5. The molecule has 0 fully saturated rings. The Hall–Kier alpha value is -3.45. The molecule has 0 aliphatic carbocycles. The molecule has 1 amide bonds. The summed E-state index contributed by atoms with van der Waals surface area (Å²) in [5.74, 6) is 1.94. The average molecular weight is 488 g/mol. The van der Waals surface area contributed by atoms with Crippen LogP contribution >= 0.6 is 0 Å². The first-order chi connectivity index (χ1) is 17.5. The maximum atomic E-state index is 13.6. The first kappa shape index (κ1) is 25.6. The van der Waals surface area contributed by atoms with E-state index in [4.69, 9.17) is 9.72 Å². The Labute approximate surface area is 214 Å². The number of hydrogen-bond acceptors (Lipinski definition) is 6. The number of carbonyl (C=O) groups is 1. The van der Waals surface area contributed by atoms with Crippen molar-refractivity contribution in [1.29, 1.82) is 0 Å². The van der Waals surface area contributed by atoms with Gasteiger partial charge >= 0.3 is 0 Å². The standard InChI is InChI=1S/C29H37N5O2/c1-4-5-8-21-36-26-13-11-24(12-14-26)28(35)34(20-19-32(2)3)29-30-17-15-27(31-29)33-18-16-23-9-6-7-10-25(23)22-33/h6-7,9-15,17H,4-5,8,16,18-22H2,1-3H3. The molecule has 4 rings (SSSR count). The summed E-state index contributed by atoms with van der Waals surface area (Å²) in [6.07, 6.45) is 6.08. The third kappa shape index (κ3) is 6.61. The summed E-state index contributed by atoms with van der Waals surface area (Å²) in [6.45, 7) is 5.75. The first-order valence-electron chi connectivity index (χ1n) is 12.9. The number of amides is 1. The number of anilines is 2. The van der Waals surface area contributed by atoms with Crippen molar-refractivity contribution in [2.75, 3.05) is 50.1 Å². The highest BCUT2D eigenvalue weighted by Gasteiger charge is 2.23. The third-order valence-electron chi connectivity index (χ3n) is 6.46. The van der Waals surface area contributed by atoms with Gasteiger partial charge in [0.25, 0.3) is 5.91 Å². The Morgan fingerprint density at radius 1 is 1.00 bits per heavy atom. The molecule has 1 aliphatic heterocycles. The van der Waals surface area contributed by atoms with Gasteiger partial charge < -0.3 is 14.5 Å². The fourth-order valence-electron chi connectivity index (χ4n) is 4.32. The smallest absolute Gasteiger partial charge is 0.260 e. The zero-order chi connectivity index (χ0) is 25.3. The van der Waals surface area contributed by atoms with E-state index in [2.05, 4.69) is 46.0 Å². The van der Waals surface area contributed by atoms with Crippen molar-refractivity contribution < 1.29 is 9.53 Å². The fourth-order valence-corrected chi connectivity index (χ4v) is 4.32. The van der Waals surface area contributed by atoms with Gasteiger partial charge in [0.1, 0.15) is 11.6 Å². The van der Waals surface area contributed by atoms with Gasteiger partial charge in [0.05, 0.1) is 6.61 Å². The molecule has 7 heteroatoms. The third-order valence-corrected chi connectivity index (χ3v) is 6.46. The molecule has 0 saturated heterocycles. The summed E-state index contributed by atoms with van der Waals surface area (Å²) in [6, 6.07) is 17.9. The molecule has 0 bridgehead atoms. The molecular weight excluding hydrogens is 450 g/mol. The Kier molecular flexibility index (Phi) is 8.90. The van der Waals surface area contributed by atoms with E-state index in [9.17, 15) is 4.79 Å². The SMILES string of the molecule is CCCCCOc1ccc(C(=O)N(CCN(C)C)c2nccc(N3CCc4ccccc4C3)n2)cc1. The first-order valence-corrected chi connectivity index (χ1v) is 12.9. The molecule has 3 aromatic rings. The van der Waals surface area contributed by atoms with E-state index in [-0.39, 0.29) is 5.91 Å². The molecular formula is C29H37N5O2. The number of carbonyl (C=O) groups excluding carboxylic acids is 1. The van der Waals surface area contributed by atoms with Crippen LogP contribution in [0.4, 0.5) is 11.8 Å². The topological polar surface area (TPSA) is 61.8 Å². The van der Waals surface area contributed by atoms with E-state index in [0.29, 0.717) is 31.2 Å². The Morgan fingerprint density at radius 3 is 2.53 bits per heavy atom. The summed E-state index contributed by atoms with van der Waals surface area (Å²) in [5.41, 5.74) is 3.31. The zero-order valence-corrected chi connectivity index (χ0v) is 21.7. The summed E-state index contributed by atoms with van der Waals surface area (Å²) >= 11 is 0. The quantitative estimate of drug-likeness (QED) is 0.362. The van der Waals surface area contributed by atoms with Gasteiger partial charge in [-0.2, -0.15) is 4.98 Å². The highest BCUT2D eigenvalue weighted by molar-refractivity contribution is 6.05. The second-order valence-electron chi connectivity index (χ2n) is 9.50. The van der Waals surface area contributed by atoms with E-state index in [1.165, 1.54) is 11.1 Å². The van der Waals surface area contributed by atoms with Crippen LogP contribution in [0.25, 0.3) is 0 Å². The number of rotatable bonds is 11. The summed E-state index contributed by atoms with van der Waals surface area (Å²) in [5, 5.41) is 0. The lowest BCUT2D eigenvalue weighted by Crippen LogP contribution is -2.38. The van der Waals surface area contributed by atoms with Crippen molar-refractivity contribution in [3.05, 3.63) is 77.5 Å². The summed E-state index contributed by atoms with van der Waals surface area (Å²) < 4.78 is 5.81. The van der Waals surface area contributed by atoms with Gasteiger partial charge in [-0.1, -0.05) is 44.0 Å². The molecule has 0 saturated carbocycles. The highest BCUT2D eigenvalue weighted by Crippen LogP contribution is 2.25. The number of likely N-dealkylation sites (N-methyl/N-ethyl adjacent to an activating group) is 1. The molecule has 190 valence electrons. The molecule has 0 radical (unpaired) electrons. The van der Waals surface area contributed by atoms with Crippen molar-refractivity contribution in [3.8, 4) is 5.75 Å². The van der Waals surface area contributed by atoms with E-state index >= 15 is 0 Å². The number of nitrogens with zero attached hydrogens (tertiary/aromatic N) is 5. The second kappa shape index (κ2) is 12.5. The Bertz CT molecular complexity index is 1130. The van der Waals surface area contributed by atoms with Crippen LogP contribution in [0.3, 0.4) is 0 Å². The largest absolute Gasteiger partial charge is 0.494 e. The van der Waals surface area contributed by atoms with Crippen LogP contribution in [0, 0.1) is 0 Å². The lowest BCUT2D eigenvalue weighted by molar-refractivity contribution is 0.0983. The van der Waals surface area contributed by atoms with Crippen LogP contribution in [-0.4, -0.2) is 61.1 Å². The number of fused-ring (bicyclic) bond motifs is 1. The number of ether oxygens (including phenoxy) is 1. The molecule has 0 N–H and O–H groups in total. The predicted molar refractivity (Wildman–Crippen MR) is 145 cm³/mol. The summed E-state index contributed by atoms with van der Waals surface area (Å²) in [7, 11) is 3.99. The molecule has 36 heavy (non-hydrogen) atoms. The lowest BCUT2D eigenvalue weighted by atomic mass is 10.00. The molecule has 7 nitrogen and oxygen atoms in total. The molecule has 0 unspecified atom stereocenters. The minimum absolute atomic E-state index is 0.115. The molecule has 0 atom stereocenters. The molecule has 2 heterocycles. The maximum absolute atomic E-state index is 13.6. The van der Waals surface area contributed by atoms with Crippen LogP contribution in [-0.2, 0) is 13.0 Å². The van der Waals surface area contributed by atoms with Gasteiger partial charge in [-0.15, -0.1) is 0 Å². The van der Waals surface area contributed by atoms with Crippen LogP contribution in [0.2, 0.25) is 0 Å². The average Bonchev–Trinajstić information content (AvgIpc) is 2.91. The lowest BCUT2D eigenvalue weighted by Gasteiger charge is -2.30. The van der Waals surface area contributed by atoms with Crippen LogP contribution in [0.15, 0.2) is 60.8 Å². The van der Waals surface area contributed by atoms with Crippen LogP contribution < -0.4 is 14.5 Å². The van der Waals surface area contributed by atoms with Crippen molar-refractivity contribution in [1.82, 2.24) is 14.9 Å². The van der Waals surface area contributed by atoms with Crippen molar-refractivity contribution >= 4 is 17.7 Å². The van der Waals surface area contributed by atoms with Gasteiger partial charge in [-0.25, -0.2) is 4.98 Å². The molecule has 2 aromatic carbocycles. The Balaban J connectivity index is 1.51. The van der Waals surface area contributed by atoms with Gasteiger partial charge in [-0.05, 0) is 68.4 Å². The second-order valence-corrected chi connectivity index (χ2v) is 9.50. The van der Waals surface area contributed by atoms with Gasteiger partial charge in [0.2, 0.25) is 5.95 Å². The zero-order valence-electron chi connectivity index (χ0n) is 21.7. The normalized spacial score (nSPS) is 12.9. The summed E-state index contributed by atoms with van der Waals surface area (Å²) in [4.78, 5) is 28.9. The van der Waals surface area contributed by atoms with E-state index in [0.717, 1.165) is 50.3 Å². The van der Waals surface area contributed by atoms with Crippen LogP contribution in [0.1, 0.15) is 47.7 Å². The van der Waals surface area contributed by atoms with Gasteiger partial charge in [0.15, 0.2) is 0 Å². The van der Waals surface area contributed by atoms with Gasteiger partial charge in [0, 0.05) is 37.9 Å². The van der Waals surface area contributed by atoms with Crippen LogP contribution in [0.5, 0.6) is 5.75 Å². The number of unbranched alkanes of at least 4 members (excludes halogenated alkanes) is 2. The minimum atomic E-state index is -0.115. The van der Waals surface area contributed by atoms with Crippen molar-refractivity contribution in [2.45, 2.75) is 39.2 Å². The minimum Gasteiger partial charge on any atom is -0.494 e. The molecule has 1 aliphatic rings. The number of hydrogen-bond donors (Lipinski definition) is 0. The number of benzene rings is 2. The van der Waals surface area contributed by atoms with E-state index < -0.39 is 0 Å². The molecule has 0 spiro atoms. The van der Waals surface area contributed by atoms with Crippen molar-refractivity contribution in [2.24, 2.45) is 0 Å².